The van der Waals surface area contributed by atoms with Crippen LogP contribution in [0.25, 0.3) is 0 Å². The highest BCUT2D eigenvalue weighted by Crippen LogP contribution is 2.38. The molecule has 44 heavy (non-hydrogen) atoms. The van der Waals surface area contributed by atoms with E-state index in [4.69, 9.17) is 9.90 Å². The lowest BCUT2D eigenvalue weighted by molar-refractivity contribution is -0.192. The van der Waals surface area contributed by atoms with Gasteiger partial charge in [-0.3, -0.25) is 4.90 Å². The van der Waals surface area contributed by atoms with Crippen molar-refractivity contribution in [3.63, 3.8) is 0 Å². The Kier molecular flexibility index (Phi) is 10.9. The summed E-state index contributed by atoms with van der Waals surface area (Å²) in [7, 11) is -2.79. The first-order valence-electron chi connectivity index (χ1n) is 12.8. The maximum Gasteiger partial charge on any atom is 0.490 e. The highest BCUT2D eigenvalue weighted by Gasteiger charge is 2.39. The Labute approximate surface area is 246 Å². The predicted octanol–water partition coefficient (Wildman–Crippen LogP) is 5.48. The van der Waals surface area contributed by atoms with Gasteiger partial charge in [0, 0.05) is 38.3 Å². The molecule has 0 bridgehead atoms. The molecule has 4 rings (SSSR count). The summed E-state index contributed by atoms with van der Waals surface area (Å²) in [4.78, 5) is 19.7. The number of rotatable bonds is 7. The van der Waals surface area contributed by atoms with Crippen LogP contribution in [0.3, 0.4) is 0 Å². The van der Waals surface area contributed by atoms with Gasteiger partial charge in [-0.15, -0.1) is 0 Å². The van der Waals surface area contributed by atoms with E-state index in [-0.39, 0.29) is 23.2 Å². The smallest absolute Gasteiger partial charge is 0.475 e. The van der Waals surface area contributed by atoms with Crippen molar-refractivity contribution in [1.29, 1.82) is 0 Å². The molecule has 1 N–H and O–H groups in total. The van der Waals surface area contributed by atoms with Crippen LogP contribution in [-0.4, -0.2) is 66.7 Å². The molecule has 0 atom stereocenters. The molecule has 0 unspecified atom stereocenters. The standard InChI is InChI=1S/C25H25F5N4O2S.C2HF3O2/c1-33(19-9-11-34(12-10-19)15-17-5-2-3-7-21(17)26)22-14-31-24(13-20(22)25(28,29)30)37(35,36)16-18-6-4-8-23(27)32-18;3-2(4,5)1(6)7/h2-8,13-14,19H,9-12,15-16H2,1H3;(H,6,7). The SMILES string of the molecule is CN(c1cnc(S(=O)(=O)Cc2cccc(F)n2)cc1C(F)(F)F)C1CCN(Cc2ccccc2F)CC1.O=C(O)C(F)(F)F. The molecule has 17 heteroatoms. The number of hydrogen-bond donors (Lipinski definition) is 1. The Morgan fingerprint density at radius 1 is 1.02 bits per heavy atom. The number of benzene rings is 1. The average molecular weight is 655 g/mol. The Balaban J connectivity index is 0.000000676. The van der Waals surface area contributed by atoms with Gasteiger partial charge in [-0.25, -0.2) is 27.6 Å². The zero-order valence-electron chi connectivity index (χ0n) is 22.9. The van der Waals surface area contributed by atoms with Gasteiger partial charge in [0.2, 0.25) is 15.8 Å². The Bertz CT molecular complexity index is 1560. The molecule has 3 aromatic rings. The lowest BCUT2D eigenvalue weighted by Crippen LogP contribution is -2.43. The second kappa shape index (κ2) is 13.8. The minimum Gasteiger partial charge on any atom is -0.475 e. The number of piperidine rings is 1. The van der Waals surface area contributed by atoms with E-state index in [2.05, 4.69) is 9.97 Å². The molecule has 0 amide bonds. The summed E-state index contributed by atoms with van der Waals surface area (Å²) < 4.78 is 127. The van der Waals surface area contributed by atoms with Crippen molar-refractivity contribution in [3.05, 3.63) is 83.3 Å². The number of aromatic nitrogens is 2. The lowest BCUT2D eigenvalue weighted by atomic mass is 10.0. The van der Waals surface area contributed by atoms with Crippen LogP contribution in [-0.2, 0) is 33.1 Å². The van der Waals surface area contributed by atoms with E-state index in [1.54, 1.807) is 18.2 Å². The van der Waals surface area contributed by atoms with E-state index in [1.165, 1.54) is 30.1 Å². The molecule has 0 saturated carbocycles. The fourth-order valence-corrected chi connectivity index (χ4v) is 5.64. The van der Waals surface area contributed by atoms with Crippen LogP contribution in [0, 0.1) is 11.8 Å². The summed E-state index contributed by atoms with van der Waals surface area (Å²) >= 11 is 0. The van der Waals surface area contributed by atoms with Gasteiger partial charge in [0.25, 0.3) is 0 Å². The minimum absolute atomic E-state index is 0.140. The molecule has 1 saturated heterocycles. The first-order chi connectivity index (χ1) is 20.4. The van der Waals surface area contributed by atoms with Gasteiger partial charge in [-0.05, 0) is 37.1 Å². The molecule has 3 heterocycles. The van der Waals surface area contributed by atoms with Crippen molar-refractivity contribution in [3.8, 4) is 0 Å². The molecular formula is C27H26F8N4O4S. The molecule has 1 fully saturated rings. The largest absolute Gasteiger partial charge is 0.490 e. The van der Waals surface area contributed by atoms with Crippen LogP contribution >= 0.6 is 0 Å². The second-order valence-corrected chi connectivity index (χ2v) is 11.7. The number of pyridine rings is 2. The number of carbonyl (C=O) groups is 1. The Morgan fingerprint density at radius 2 is 1.64 bits per heavy atom. The predicted molar refractivity (Wildman–Crippen MR) is 141 cm³/mol. The summed E-state index contributed by atoms with van der Waals surface area (Å²) in [5, 5.41) is 6.36. The Morgan fingerprint density at radius 3 is 2.18 bits per heavy atom. The van der Waals surface area contributed by atoms with Gasteiger partial charge < -0.3 is 10.0 Å². The first kappa shape index (κ1) is 34.6. The highest BCUT2D eigenvalue weighted by molar-refractivity contribution is 7.90. The number of aliphatic carboxylic acids is 1. The number of anilines is 1. The number of nitrogens with zero attached hydrogens (tertiary/aromatic N) is 4. The normalized spacial score (nSPS) is 14.9. The van der Waals surface area contributed by atoms with Crippen molar-refractivity contribution >= 4 is 21.5 Å². The molecular weight excluding hydrogens is 628 g/mol. The molecule has 0 spiro atoms. The molecule has 0 radical (unpaired) electrons. The van der Waals surface area contributed by atoms with E-state index < -0.39 is 50.4 Å². The summed E-state index contributed by atoms with van der Waals surface area (Å²) in [5.41, 5.74) is -0.936. The second-order valence-electron chi connectivity index (χ2n) is 9.76. The van der Waals surface area contributed by atoms with Crippen LogP contribution < -0.4 is 4.90 Å². The van der Waals surface area contributed by atoms with E-state index in [1.807, 2.05) is 4.90 Å². The van der Waals surface area contributed by atoms with Gasteiger partial charge in [0.1, 0.15) is 5.82 Å². The third-order valence-electron chi connectivity index (χ3n) is 6.67. The molecule has 240 valence electrons. The number of carboxylic acid groups (broad SMARTS) is 1. The van der Waals surface area contributed by atoms with Crippen molar-refractivity contribution < 1.29 is 53.4 Å². The number of sulfone groups is 1. The minimum atomic E-state index is -5.08. The summed E-state index contributed by atoms with van der Waals surface area (Å²) in [5.74, 6) is -4.74. The fourth-order valence-electron chi connectivity index (χ4n) is 4.44. The van der Waals surface area contributed by atoms with Crippen molar-refractivity contribution in [2.24, 2.45) is 0 Å². The molecule has 8 nitrogen and oxygen atoms in total. The third-order valence-corrected chi connectivity index (χ3v) is 8.21. The molecule has 1 aromatic carbocycles. The maximum atomic E-state index is 14.0. The van der Waals surface area contributed by atoms with Gasteiger partial charge in [-0.2, -0.15) is 30.7 Å². The van der Waals surface area contributed by atoms with E-state index in [9.17, 15) is 43.5 Å². The van der Waals surface area contributed by atoms with Crippen LogP contribution in [0.15, 0.2) is 59.8 Å². The van der Waals surface area contributed by atoms with E-state index in [0.29, 0.717) is 44.1 Å². The number of alkyl halides is 6. The number of likely N-dealkylation sites (tertiary alicyclic amines) is 1. The van der Waals surface area contributed by atoms with Crippen LogP contribution in [0.1, 0.15) is 29.7 Å². The number of hydrogen-bond acceptors (Lipinski definition) is 7. The molecule has 2 aromatic heterocycles. The van der Waals surface area contributed by atoms with Crippen LogP contribution in [0.5, 0.6) is 0 Å². The third kappa shape index (κ3) is 9.32. The topological polar surface area (TPSA) is 104 Å². The first-order valence-corrected chi connectivity index (χ1v) is 14.4. The van der Waals surface area contributed by atoms with E-state index >= 15 is 0 Å². The highest BCUT2D eigenvalue weighted by atomic mass is 32.2. The van der Waals surface area contributed by atoms with Crippen LogP contribution in [0.2, 0.25) is 0 Å². The van der Waals surface area contributed by atoms with Gasteiger partial charge in [0.15, 0.2) is 5.03 Å². The van der Waals surface area contributed by atoms with Crippen molar-refractivity contribution in [2.75, 3.05) is 25.0 Å². The van der Waals surface area contributed by atoms with Crippen molar-refractivity contribution in [2.45, 2.75) is 48.6 Å². The number of halogens is 8. The zero-order chi connectivity index (χ0) is 32.9. The number of carboxylic acids is 1. The monoisotopic (exact) mass is 654 g/mol. The van der Waals surface area contributed by atoms with Gasteiger partial charge in [0.05, 0.1) is 28.9 Å². The summed E-state index contributed by atoms with van der Waals surface area (Å²) in [6.45, 7) is 1.53. The summed E-state index contributed by atoms with van der Waals surface area (Å²) in [6, 6.07) is 10.3. The molecule has 1 aliphatic rings. The molecule has 1 aliphatic heterocycles. The van der Waals surface area contributed by atoms with E-state index in [0.717, 1.165) is 12.3 Å². The average Bonchev–Trinajstić information content (AvgIpc) is 2.93. The van der Waals surface area contributed by atoms with Gasteiger partial charge >= 0.3 is 18.3 Å². The Hall–Kier alpha value is -3.86. The molecule has 0 aliphatic carbocycles. The lowest BCUT2D eigenvalue weighted by Gasteiger charge is -2.38. The summed E-state index contributed by atoms with van der Waals surface area (Å²) in [6.07, 6.45) is -7.93. The van der Waals surface area contributed by atoms with Gasteiger partial charge in [-0.1, -0.05) is 24.3 Å². The quantitative estimate of drug-likeness (QED) is 0.264. The van der Waals surface area contributed by atoms with Crippen molar-refractivity contribution in [1.82, 2.24) is 14.9 Å². The van der Waals surface area contributed by atoms with Crippen LogP contribution in [0.4, 0.5) is 40.8 Å². The fraction of sp³-hybridized carbons (Fsp3) is 0.370. The zero-order valence-corrected chi connectivity index (χ0v) is 23.7. The maximum absolute atomic E-state index is 14.0.